The first-order valence-electron chi connectivity index (χ1n) is 10.2. The Morgan fingerprint density at radius 1 is 1.09 bits per heavy atom. The molecule has 1 heterocycles. The zero-order valence-electron chi connectivity index (χ0n) is 18.5. The minimum Gasteiger partial charge on any atom is -0.493 e. The Morgan fingerprint density at radius 2 is 1.79 bits per heavy atom. The molecule has 1 fully saturated rings. The van der Waals surface area contributed by atoms with Gasteiger partial charge in [-0.3, -0.25) is 19.3 Å². The van der Waals surface area contributed by atoms with Gasteiger partial charge in [0.15, 0.2) is 17.3 Å². The zero-order valence-corrected chi connectivity index (χ0v) is 20.2. The molecule has 1 saturated heterocycles. The third-order valence-corrected chi connectivity index (χ3v) is 6.32. The highest BCUT2D eigenvalue weighted by Gasteiger charge is 2.31. The summed E-state index contributed by atoms with van der Waals surface area (Å²) in [5.41, 5.74) is 2.00. The second-order valence-electron chi connectivity index (χ2n) is 7.23. The molecule has 0 radical (unpaired) electrons. The number of anilines is 1. The summed E-state index contributed by atoms with van der Waals surface area (Å²) < 4.78 is 11.0. The van der Waals surface area contributed by atoms with Gasteiger partial charge in [-0.2, -0.15) is 0 Å². The molecule has 0 spiro atoms. The van der Waals surface area contributed by atoms with Crippen LogP contribution in [-0.2, 0) is 9.59 Å². The number of benzene rings is 2. The summed E-state index contributed by atoms with van der Waals surface area (Å²) in [6.45, 7) is 1.84. The van der Waals surface area contributed by atoms with Crippen molar-refractivity contribution in [3.8, 4) is 11.5 Å². The molecule has 0 unspecified atom stereocenters. The van der Waals surface area contributed by atoms with Gasteiger partial charge in [0, 0.05) is 24.2 Å². The minimum absolute atomic E-state index is 0.0310. The number of amides is 2. The number of hydrogen-bond donors (Lipinski definition) is 1. The van der Waals surface area contributed by atoms with E-state index in [1.165, 1.54) is 23.6 Å². The molecular weight excluding hydrogens is 460 g/mol. The Labute approximate surface area is 202 Å². The number of ketones is 1. The van der Waals surface area contributed by atoms with E-state index in [4.69, 9.17) is 21.7 Å². The number of hydrogen-bond acceptors (Lipinski definition) is 7. The van der Waals surface area contributed by atoms with Crippen LogP contribution in [0.1, 0.15) is 35.7 Å². The fourth-order valence-corrected chi connectivity index (χ4v) is 4.50. The molecule has 3 rings (SSSR count). The fourth-order valence-electron chi connectivity index (χ4n) is 3.20. The average Bonchev–Trinajstić information content (AvgIpc) is 3.06. The zero-order chi connectivity index (χ0) is 24.0. The van der Waals surface area contributed by atoms with E-state index in [0.29, 0.717) is 44.9 Å². The van der Waals surface area contributed by atoms with E-state index in [-0.39, 0.29) is 24.0 Å². The highest BCUT2D eigenvalue weighted by molar-refractivity contribution is 8.26. The van der Waals surface area contributed by atoms with Gasteiger partial charge >= 0.3 is 0 Å². The monoisotopic (exact) mass is 484 g/mol. The van der Waals surface area contributed by atoms with Crippen LogP contribution in [0.2, 0.25) is 0 Å². The topological polar surface area (TPSA) is 84.9 Å². The van der Waals surface area contributed by atoms with E-state index in [9.17, 15) is 14.4 Å². The summed E-state index contributed by atoms with van der Waals surface area (Å²) in [7, 11) is 3.12. The molecule has 0 aromatic heterocycles. The number of Topliss-reactive ketones (excluding diaryl/α,β-unsaturated/α-hetero) is 1. The number of thioether (sulfide) groups is 1. The van der Waals surface area contributed by atoms with Crippen LogP contribution in [0.4, 0.5) is 5.69 Å². The van der Waals surface area contributed by atoms with E-state index in [1.54, 1.807) is 56.7 Å². The summed E-state index contributed by atoms with van der Waals surface area (Å²) in [6.07, 6.45) is 2.46. The number of nitrogens with zero attached hydrogens (tertiary/aromatic N) is 1. The number of ether oxygens (including phenoxy) is 2. The quantitative estimate of drug-likeness (QED) is 0.318. The number of carbonyl (C=O) groups excluding carboxylic acids is 3. The Hall–Kier alpha value is -3.17. The van der Waals surface area contributed by atoms with Gasteiger partial charge in [-0.1, -0.05) is 30.0 Å². The average molecular weight is 485 g/mol. The summed E-state index contributed by atoms with van der Waals surface area (Å²) >= 11 is 6.60. The Morgan fingerprint density at radius 3 is 2.42 bits per heavy atom. The number of methoxy groups -OCH3 is 2. The van der Waals surface area contributed by atoms with Crippen molar-refractivity contribution in [2.45, 2.75) is 19.8 Å². The Kier molecular flexibility index (Phi) is 8.24. The van der Waals surface area contributed by atoms with Crippen molar-refractivity contribution in [3.63, 3.8) is 0 Å². The molecule has 0 saturated carbocycles. The van der Waals surface area contributed by atoms with Crippen LogP contribution in [0.25, 0.3) is 6.08 Å². The van der Waals surface area contributed by atoms with Crippen LogP contribution in [0.15, 0.2) is 47.4 Å². The highest BCUT2D eigenvalue weighted by atomic mass is 32.2. The second kappa shape index (κ2) is 11.1. The lowest BCUT2D eigenvalue weighted by atomic mass is 10.1. The van der Waals surface area contributed by atoms with Gasteiger partial charge in [-0.15, -0.1) is 0 Å². The molecule has 0 atom stereocenters. The van der Waals surface area contributed by atoms with Crippen LogP contribution < -0.4 is 14.8 Å². The van der Waals surface area contributed by atoms with Gasteiger partial charge in [-0.25, -0.2) is 0 Å². The molecular formula is C24H24N2O5S2. The van der Waals surface area contributed by atoms with Gasteiger partial charge in [0.2, 0.25) is 5.91 Å². The molecule has 9 heteroatoms. The van der Waals surface area contributed by atoms with Crippen molar-refractivity contribution in [2.24, 2.45) is 0 Å². The van der Waals surface area contributed by atoms with E-state index >= 15 is 0 Å². The summed E-state index contributed by atoms with van der Waals surface area (Å²) in [5.74, 6) is 0.799. The van der Waals surface area contributed by atoms with Crippen LogP contribution in [0, 0.1) is 0 Å². The van der Waals surface area contributed by atoms with E-state index in [2.05, 4.69) is 5.32 Å². The van der Waals surface area contributed by atoms with Crippen molar-refractivity contribution >= 4 is 57.7 Å². The first-order chi connectivity index (χ1) is 15.8. The van der Waals surface area contributed by atoms with Gasteiger partial charge < -0.3 is 14.8 Å². The summed E-state index contributed by atoms with van der Waals surface area (Å²) in [6, 6.07) is 12.1. The van der Waals surface area contributed by atoms with Crippen molar-refractivity contribution in [1.29, 1.82) is 0 Å². The SMILES string of the molecule is COc1ccc(/C=C2\SC(=S)N(CCCC(=O)Nc3ccc(C(C)=O)cc3)C2=O)cc1OC. The smallest absolute Gasteiger partial charge is 0.266 e. The highest BCUT2D eigenvalue weighted by Crippen LogP contribution is 2.34. The third kappa shape index (κ3) is 6.21. The van der Waals surface area contributed by atoms with Crippen molar-refractivity contribution in [2.75, 3.05) is 26.1 Å². The summed E-state index contributed by atoms with van der Waals surface area (Å²) in [5, 5.41) is 2.79. The van der Waals surface area contributed by atoms with E-state index in [1.807, 2.05) is 6.07 Å². The third-order valence-electron chi connectivity index (χ3n) is 4.94. The van der Waals surface area contributed by atoms with E-state index in [0.717, 1.165) is 5.56 Å². The number of rotatable bonds is 9. The Balaban J connectivity index is 1.55. The summed E-state index contributed by atoms with van der Waals surface area (Å²) in [4.78, 5) is 38.4. The van der Waals surface area contributed by atoms with Gasteiger partial charge in [0.25, 0.3) is 5.91 Å². The Bertz CT molecular complexity index is 1110. The molecule has 1 aliphatic rings. The fraction of sp³-hybridized carbons (Fsp3) is 0.250. The molecule has 2 aromatic rings. The van der Waals surface area contributed by atoms with Crippen molar-refractivity contribution in [1.82, 2.24) is 4.90 Å². The van der Waals surface area contributed by atoms with Gasteiger partial charge in [0.05, 0.1) is 19.1 Å². The van der Waals surface area contributed by atoms with Gasteiger partial charge in [-0.05, 0) is 61.4 Å². The van der Waals surface area contributed by atoms with Crippen LogP contribution >= 0.6 is 24.0 Å². The first-order valence-corrected chi connectivity index (χ1v) is 11.4. The number of carbonyl (C=O) groups is 3. The molecule has 33 heavy (non-hydrogen) atoms. The molecule has 0 bridgehead atoms. The molecule has 2 aromatic carbocycles. The number of nitrogens with one attached hydrogen (secondary N) is 1. The normalized spacial score (nSPS) is 14.5. The molecule has 172 valence electrons. The van der Waals surface area contributed by atoms with Gasteiger partial charge in [0.1, 0.15) is 4.32 Å². The second-order valence-corrected chi connectivity index (χ2v) is 8.91. The maximum absolute atomic E-state index is 12.8. The van der Waals surface area contributed by atoms with Crippen LogP contribution in [-0.4, -0.2) is 47.6 Å². The maximum atomic E-state index is 12.8. The van der Waals surface area contributed by atoms with Crippen LogP contribution in [0.5, 0.6) is 11.5 Å². The lowest BCUT2D eigenvalue weighted by Crippen LogP contribution is -2.29. The van der Waals surface area contributed by atoms with Crippen LogP contribution in [0.3, 0.4) is 0 Å². The predicted molar refractivity (Wildman–Crippen MR) is 134 cm³/mol. The van der Waals surface area contributed by atoms with E-state index < -0.39 is 0 Å². The predicted octanol–water partition coefficient (Wildman–Crippen LogP) is 4.53. The largest absolute Gasteiger partial charge is 0.493 e. The molecule has 7 nitrogen and oxygen atoms in total. The maximum Gasteiger partial charge on any atom is 0.266 e. The molecule has 1 aliphatic heterocycles. The molecule has 1 N–H and O–H groups in total. The minimum atomic E-state index is -0.181. The number of thiocarbonyl (C=S) groups is 1. The first kappa shape index (κ1) is 24.5. The van der Waals surface area contributed by atoms with Crippen molar-refractivity contribution < 1.29 is 23.9 Å². The standard InChI is InChI=1S/C24H24N2O5S2/c1-15(27)17-7-9-18(10-8-17)25-22(28)5-4-12-26-23(29)21(33-24(26)32)14-16-6-11-19(30-2)20(13-16)31-3/h6-11,13-14H,4-5,12H2,1-3H3,(H,25,28)/b21-14-. The van der Waals surface area contributed by atoms with Crippen molar-refractivity contribution in [3.05, 3.63) is 58.5 Å². The molecule has 0 aliphatic carbocycles. The lowest BCUT2D eigenvalue weighted by Gasteiger charge is -2.14. The lowest BCUT2D eigenvalue weighted by molar-refractivity contribution is -0.122. The molecule has 2 amide bonds.